The van der Waals surface area contributed by atoms with Gasteiger partial charge < -0.3 is 15.0 Å². The summed E-state index contributed by atoms with van der Waals surface area (Å²) in [4.78, 5) is 14.0. The molecule has 0 aliphatic carbocycles. The van der Waals surface area contributed by atoms with Crippen molar-refractivity contribution in [3.05, 3.63) is 48.3 Å². The summed E-state index contributed by atoms with van der Waals surface area (Å²) in [6.07, 6.45) is 4.13. The quantitative estimate of drug-likeness (QED) is 0.890. The zero-order chi connectivity index (χ0) is 16.1. The molecule has 1 atom stereocenters. The van der Waals surface area contributed by atoms with Crippen molar-refractivity contribution in [1.29, 1.82) is 0 Å². The van der Waals surface area contributed by atoms with Crippen molar-refractivity contribution < 1.29 is 9.53 Å². The number of ether oxygens (including phenoxy) is 1. The average molecular weight is 351 g/mol. The van der Waals surface area contributed by atoms with Crippen molar-refractivity contribution in [3.8, 4) is 5.69 Å². The number of rotatable bonds is 5. The Morgan fingerprint density at radius 2 is 2.21 bits per heavy atom. The van der Waals surface area contributed by atoms with Gasteiger partial charge in [-0.3, -0.25) is 4.79 Å². The van der Waals surface area contributed by atoms with Crippen LogP contribution in [0, 0.1) is 0 Å². The van der Waals surface area contributed by atoms with E-state index in [-0.39, 0.29) is 24.4 Å². The maximum absolute atomic E-state index is 12.3. The lowest BCUT2D eigenvalue weighted by atomic mass is 10.1. The lowest BCUT2D eigenvalue weighted by molar-refractivity contribution is -0.131. The third-order valence-corrected chi connectivity index (χ3v) is 3.97. The number of carbonyl (C=O) groups is 1. The highest BCUT2D eigenvalue weighted by Crippen LogP contribution is 2.11. The van der Waals surface area contributed by atoms with Crippen molar-refractivity contribution in [2.75, 3.05) is 26.8 Å². The number of carbonyl (C=O) groups excluding carboxylic acids is 1. The first-order valence-corrected chi connectivity index (χ1v) is 7.86. The van der Waals surface area contributed by atoms with Gasteiger partial charge in [-0.1, -0.05) is 12.1 Å². The van der Waals surface area contributed by atoms with Gasteiger partial charge in [0.15, 0.2) is 0 Å². The maximum Gasteiger partial charge on any atom is 0.224 e. The lowest BCUT2D eigenvalue weighted by Gasteiger charge is -2.25. The second kappa shape index (κ2) is 8.82. The van der Waals surface area contributed by atoms with Crippen molar-refractivity contribution in [2.45, 2.75) is 19.0 Å². The van der Waals surface area contributed by atoms with Gasteiger partial charge in [0.2, 0.25) is 5.91 Å². The molecule has 1 fully saturated rings. The van der Waals surface area contributed by atoms with Gasteiger partial charge in [0.1, 0.15) is 0 Å². The summed E-state index contributed by atoms with van der Waals surface area (Å²) < 4.78 is 7.20. The summed E-state index contributed by atoms with van der Waals surface area (Å²) in [5.41, 5.74) is 2.11. The van der Waals surface area contributed by atoms with Gasteiger partial charge >= 0.3 is 0 Å². The van der Waals surface area contributed by atoms with E-state index in [0.29, 0.717) is 19.6 Å². The van der Waals surface area contributed by atoms with Crippen LogP contribution in [0.15, 0.2) is 42.7 Å². The summed E-state index contributed by atoms with van der Waals surface area (Å²) in [6.45, 7) is 2.75. The molecule has 0 saturated carbocycles. The minimum absolute atomic E-state index is 0. The number of hydrogen-bond donors (Lipinski definition) is 1. The molecule has 2 heterocycles. The Kier molecular flexibility index (Phi) is 6.78. The number of aromatic nitrogens is 2. The van der Waals surface area contributed by atoms with Gasteiger partial charge in [-0.15, -0.1) is 12.4 Å². The zero-order valence-corrected chi connectivity index (χ0v) is 14.5. The Morgan fingerprint density at radius 3 is 2.83 bits per heavy atom. The van der Waals surface area contributed by atoms with Crippen LogP contribution in [-0.2, 0) is 16.1 Å². The van der Waals surface area contributed by atoms with Gasteiger partial charge in [0, 0.05) is 45.0 Å². The number of nitrogens with zero attached hydrogens (tertiary/aromatic N) is 3. The van der Waals surface area contributed by atoms with Crippen LogP contribution in [0.4, 0.5) is 0 Å². The van der Waals surface area contributed by atoms with E-state index in [0.717, 1.165) is 24.4 Å². The molecule has 1 aliphatic rings. The van der Waals surface area contributed by atoms with E-state index < -0.39 is 0 Å². The highest BCUT2D eigenvalue weighted by molar-refractivity contribution is 5.85. The molecule has 1 amide bonds. The molecule has 1 aliphatic heterocycles. The van der Waals surface area contributed by atoms with Crippen LogP contribution in [0.25, 0.3) is 5.69 Å². The normalized spacial score (nSPS) is 17.1. The largest absolute Gasteiger partial charge is 0.378 e. The van der Waals surface area contributed by atoms with Crippen LogP contribution >= 0.6 is 12.4 Å². The van der Waals surface area contributed by atoms with Crippen LogP contribution in [0.1, 0.15) is 12.0 Å². The molecule has 0 spiro atoms. The van der Waals surface area contributed by atoms with E-state index in [1.807, 2.05) is 48.3 Å². The topological polar surface area (TPSA) is 59.4 Å². The van der Waals surface area contributed by atoms with Gasteiger partial charge in [0.25, 0.3) is 0 Å². The number of amides is 1. The summed E-state index contributed by atoms with van der Waals surface area (Å²) in [5, 5.41) is 7.51. The molecule has 1 saturated heterocycles. The van der Waals surface area contributed by atoms with Gasteiger partial charge in [-0.05, 0) is 23.8 Å². The minimum Gasteiger partial charge on any atom is -0.378 e. The second-order valence-electron chi connectivity index (χ2n) is 5.80. The predicted octanol–water partition coefficient (Wildman–Crippen LogP) is 1.63. The van der Waals surface area contributed by atoms with E-state index in [2.05, 4.69) is 10.4 Å². The molecule has 2 aromatic rings. The smallest absolute Gasteiger partial charge is 0.224 e. The van der Waals surface area contributed by atoms with E-state index in [1.54, 1.807) is 11.1 Å². The fourth-order valence-corrected chi connectivity index (χ4v) is 2.66. The first-order valence-electron chi connectivity index (χ1n) is 7.86. The monoisotopic (exact) mass is 350 g/mol. The highest BCUT2D eigenvalue weighted by Gasteiger charge is 2.19. The van der Waals surface area contributed by atoms with Crippen LogP contribution in [0.5, 0.6) is 0 Å². The van der Waals surface area contributed by atoms with Crippen molar-refractivity contribution >= 4 is 18.3 Å². The second-order valence-corrected chi connectivity index (χ2v) is 5.80. The fourth-order valence-electron chi connectivity index (χ4n) is 2.66. The SMILES string of the molecule is CN(Cc1ccc(-n2cccn2)cc1)C(=O)CC1COCCN1.Cl. The molecule has 1 unspecified atom stereocenters. The molecule has 7 heteroatoms. The Balaban J connectivity index is 0.00000208. The van der Waals surface area contributed by atoms with E-state index in [1.165, 1.54) is 0 Å². The lowest BCUT2D eigenvalue weighted by Crippen LogP contribution is -2.44. The number of morpholine rings is 1. The van der Waals surface area contributed by atoms with E-state index in [9.17, 15) is 4.79 Å². The minimum atomic E-state index is 0. The summed E-state index contributed by atoms with van der Waals surface area (Å²) in [6, 6.07) is 10.1. The number of halogens is 1. The molecule has 1 aromatic carbocycles. The molecule has 1 N–H and O–H groups in total. The van der Waals surface area contributed by atoms with Crippen molar-refractivity contribution in [1.82, 2.24) is 20.0 Å². The van der Waals surface area contributed by atoms with Crippen molar-refractivity contribution in [2.24, 2.45) is 0 Å². The predicted molar refractivity (Wildman–Crippen MR) is 94.5 cm³/mol. The molecule has 130 valence electrons. The number of hydrogen-bond acceptors (Lipinski definition) is 4. The Labute approximate surface area is 148 Å². The van der Waals surface area contributed by atoms with Crippen molar-refractivity contribution in [3.63, 3.8) is 0 Å². The fraction of sp³-hybridized carbons (Fsp3) is 0.412. The van der Waals surface area contributed by atoms with Gasteiger partial charge in [-0.2, -0.15) is 5.10 Å². The van der Waals surface area contributed by atoms with Crippen LogP contribution in [0.3, 0.4) is 0 Å². The molecule has 0 radical (unpaired) electrons. The van der Waals surface area contributed by atoms with Crippen LogP contribution in [-0.4, -0.2) is 53.4 Å². The van der Waals surface area contributed by atoms with Crippen LogP contribution in [0.2, 0.25) is 0 Å². The Hall–Kier alpha value is -1.89. The summed E-state index contributed by atoms with van der Waals surface area (Å²) in [7, 11) is 1.84. The maximum atomic E-state index is 12.3. The molecule has 3 rings (SSSR count). The third-order valence-electron chi connectivity index (χ3n) is 3.97. The number of nitrogens with one attached hydrogen (secondary N) is 1. The Bertz CT molecular complexity index is 625. The summed E-state index contributed by atoms with van der Waals surface area (Å²) >= 11 is 0. The third kappa shape index (κ3) is 4.80. The molecular weight excluding hydrogens is 328 g/mol. The van der Waals surface area contributed by atoms with Gasteiger partial charge in [-0.25, -0.2) is 4.68 Å². The molecule has 1 aromatic heterocycles. The molecular formula is C17H23ClN4O2. The molecule has 0 bridgehead atoms. The first-order chi connectivity index (χ1) is 11.2. The number of benzene rings is 1. The molecule has 24 heavy (non-hydrogen) atoms. The van der Waals surface area contributed by atoms with Crippen LogP contribution < -0.4 is 5.32 Å². The standard InChI is InChI=1S/C17H22N4O2.ClH/c1-20(17(22)11-15-13-23-10-8-18-15)12-14-3-5-16(6-4-14)21-9-2-7-19-21;/h2-7,9,15,18H,8,10-13H2,1H3;1H. The van der Waals surface area contributed by atoms with E-state index in [4.69, 9.17) is 4.74 Å². The van der Waals surface area contributed by atoms with E-state index >= 15 is 0 Å². The highest BCUT2D eigenvalue weighted by atomic mass is 35.5. The molecule has 6 nitrogen and oxygen atoms in total. The first kappa shape index (κ1) is 18.4. The summed E-state index contributed by atoms with van der Waals surface area (Å²) in [5.74, 6) is 0.129. The zero-order valence-electron chi connectivity index (χ0n) is 13.7. The Morgan fingerprint density at radius 1 is 1.42 bits per heavy atom. The average Bonchev–Trinajstić information content (AvgIpc) is 3.11. The van der Waals surface area contributed by atoms with Gasteiger partial charge in [0.05, 0.1) is 18.9 Å².